The van der Waals surface area contributed by atoms with Crippen LogP contribution in [0.15, 0.2) is 41.0 Å². The lowest BCUT2D eigenvalue weighted by molar-refractivity contribution is -0.127. The Morgan fingerprint density at radius 2 is 1.83 bits per heavy atom. The van der Waals surface area contributed by atoms with Crippen LogP contribution in [-0.2, 0) is 10.2 Å². The van der Waals surface area contributed by atoms with Crippen LogP contribution in [0.1, 0.15) is 56.9 Å². The number of fused-ring (bicyclic) bond motifs is 1. The summed E-state index contributed by atoms with van der Waals surface area (Å²) >= 11 is 0. The first-order valence-corrected chi connectivity index (χ1v) is 11.1. The van der Waals surface area contributed by atoms with E-state index in [1.54, 1.807) is 6.26 Å². The predicted molar refractivity (Wildman–Crippen MR) is 115 cm³/mol. The Balaban J connectivity index is 1.55. The molecule has 1 aliphatic heterocycles. The van der Waals surface area contributed by atoms with E-state index in [9.17, 15) is 4.79 Å². The molecule has 30 heavy (non-hydrogen) atoms. The molecule has 0 radical (unpaired) electrons. The van der Waals surface area contributed by atoms with E-state index in [-0.39, 0.29) is 11.9 Å². The van der Waals surface area contributed by atoms with Crippen molar-refractivity contribution < 1.29 is 18.7 Å². The number of benzene rings is 1. The van der Waals surface area contributed by atoms with Crippen LogP contribution in [0.3, 0.4) is 0 Å². The number of hydrogen-bond acceptors (Lipinski definition) is 5. The maximum absolute atomic E-state index is 13.6. The minimum atomic E-state index is -0.507. The lowest BCUT2D eigenvalue weighted by Crippen LogP contribution is -2.46. The Hall–Kier alpha value is -2.47. The number of nitrogens with zero attached hydrogens (tertiary/aromatic N) is 1. The molecule has 1 aromatic carbocycles. The van der Waals surface area contributed by atoms with Gasteiger partial charge in [0.25, 0.3) is 0 Å². The first kappa shape index (κ1) is 20.8. The maximum atomic E-state index is 13.6. The molecule has 1 unspecified atom stereocenters. The number of carbonyl (C=O) groups is 1. The third kappa shape index (κ3) is 3.93. The van der Waals surface area contributed by atoms with Crippen LogP contribution >= 0.6 is 0 Å². The van der Waals surface area contributed by atoms with Crippen molar-refractivity contribution in [2.24, 2.45) is 0 Å². The van der Waals surface area contributed by atoms with Crippen LogP contribution in [0.25, 0.3) is 0 Å². The normalized spacial score (nSPS) is 18.4. The second kappa shape index (κ2) is 9.13. The van der Waals surface area contributed by atoms with Crippen molar-refractivity contribution in [3.63, 3.8) is 0 Å². The zero-order chi connectivity index (χ0) is 21.0. The lowest BCUT2D eigenvalue weighted by atomic mass is 9.77. The van der Waals surface area contributed by atoms with E-state index >= 15 is 0 Å². The van der Waals surface area contributed by atoms with Gasteiger partial charge in [0, 0.05) is 6.54 Å². The number of nitrogens with one attached hydrogen (secondary N) is 1. The van der Waals surface area contributed by atoms with Crippen molar-refractivity contribution in [3.8, 4) is 11.5 Å². The molecule has 1 aromatic heterocycles. The smallest absolute Gasteiger partial charge is 0.230 e. The summed E-state index contributed by atoms with van der Waals surface area (Å²) in [5.74, 6) is 2.49. The number of ether oxygens (including phenoxy) is 2. The first-order chi connectivity index (χ1) is 14.7. The minimum Gasteiger partial charge on any atom is -0.486 e. The van der Waals surface area contributed by atoms with E-state index in [2.05, 4.69) is 24.1 Å². The van der Waals surface area contributed by atoms with Crippen LogP contribution in [0, 0.1) is 0 Å². The molecular weight excluding hydrogens is 380 g/mol. The molecule has 1 fully saturated rings. The fourth-order valence-electron chi connectivity index (χ4n) is 4.88. The summed E-state index contributed by atoms with van der Waals surface area (Å²) in [7, 11) is 0. The van der Waals surface area contributed by atoms with Gasteiger partial charge in [0.1, 0.15) is 19.0 Å². The van der Waals surface area contributed by atoms with Gasteiger partial charge in [0.05, 0.1) is 17.7 Å². The third-order valence-corrected chi connectivity index (χ3v) is 6.57. The second-order valence-corrected chi connectivity index (χ2v) is 8.11. The van der Waals surface area contributed by atoms with E-state index < -0.39 is 5.41 Å². The van der Waals surface area contributed by atoms with Crippen LogP contribution in [0.4, 0.5) is 0 Å². The van der Waals surface area contributed by atoms with Crippen LogP contribution in [0.2, 0.25) is 0 Å². The van der Waals surface area contributed by atoms with Gasteiger partial charge < -0.3 is 19.2 Å². The summed E-state index contributed by atoms with van der Waals surface area (Å²) < 4.78 is 17.1. The maximum Gasteiger partial charge on any atom is 0.230 e. The van der Waals surface area contributed by atoms with Gasteiger partial charge >= 0.3 is 0 Å². The molecule has 2 heterocycles. The highest BCUT2D eigenvalue weighted by molar-refractivity contribution is 5.89. The third-order valence-electron chi connectivity index (χ3n) is 6.57. The standard InChI is InChI=1S/C24H32N2O4/c1-3-26(4-2)19(20-8-7-13-28-20)17-25-23(27)24(11-5-6-12-24)18-9-10-21-22(16-18)30-15-14-29-21/h7-10,13,16,19H,3-6,11-12,14-15,17H2,1-2H3,(H,25,27). The van der Waals surface area contributed by atoms with E-state index in [0.717, 1.165) is 61.6 Å². The summed E-state index contributed by atoms with van der Waals surface area (Å²) in [4.78, 5) is 15.9. The average Bonchev–Trinajstić information content (AvgIpc) is 3.49. The van der Waals surface area contributed by atoms with Gasteiger partial charge in [0.2, 0.25) is 5.91 Å². The molecule has 6 nitrogen and oxygen atoms in total. The monoisotopic (exact) mass is 412 g/mol. The van der Waals surface area contributed by atoms with Crippen LogP contribution < -0.4 is 14.8 Å². The number of furan rings is 1. The molecule has 1 N–H and O–H groups in total. The highest BCUT2D eigenvalue weighted by Gasteiger charge is 2.43. The molecule has 6 heteroatoms. The number of carbonyl (C=O) groups excluding carboxylic acids is 1. The molecule has 4 rings (SSSR count). The van der Waals surface area contributed by atoms with Crippen molar-refractivity contribution in [3.05, 3.63) is 47.9 Å². The van der Waals surface area contributed by atoms with Gasteiger partial charge in [-0.15, -0.1) is 0 Å². The molecule has 1 saturated carbocycles. The summed E-state index contributed by atoms with van der Waals surface area (Å²) in [5, 5.41) is 3.27. The Kier molecular flexibility index (Phi) is 6.32. The Bertz CT molecular complexity index is 839. The van der Waals surface area contributed by atoms with Gasteiger partial charge in [-0.25, -0.2) is 0 Å². The average molecular weight is 413 g/mol. The van der Waals surface area contributed by atoms with Gasteiger partial charge in [-0.3, -0.25) is 9.69 Å². The molecule has 1 amide bonds. The Morgan fingerprint density at radius 3 is 2.50 bits per heavy atom. The summed E-state index contributed by atoms with van der Waals surface area (Å²) in [6.45, 7) is 7.70. The van der Waals surface area contributed by atoms with Gasteiger partial charge in [-0.1, -0.05) is 32.8 Å². The van der Waals surface area contributed by atoms with E-state index in [1.165, 1.54) is 0 Å². The highest BCUT2D eigenvalue weighted by atomic mass is 16.6. The predicted octanol–water partition coefficient (Wildman–Crippen LogP) is 4.06. The first-order valence-electron chi connectivity index (χ1n) is 11.1. The fourth-order valence-corrected chi connectivity index (χ4v) is 4.88. The van der Waals surface area contributed by atoms with Crippen LogP contribution in [0.5, 0.6) is 11.5 Å². The summed E-state index contributed by atoms with van der Waals surface area (Å²) in [6, 6.07) is 9.90. The quantitative estimate of drug-likeness (QED) is 0.708. The zero-order valence-electron chi connectivity index (χ0n) is 18.0. The molecule has 0 saturated heterocycles. The minimum absolute atomic E-state index is 0.0256. The number of amides is 1. The molecular formula is C24H32N2O4. The molecule has 1 atom stereocenters. The number of rotatable bonds is 8. The van der Waals surface area contributed by atoms with Crippen LogP contribution in [-0.4, -0.2) is 43.7 Å². The van der Waals surface area contributed by atoms with Gasteiger partial charge in [-0.2, -0.15) is 0 Å². The van der Waals surface area contributed by atoms with E-state index in [4.69, 9.17) is 13.9 Å². The van der Waals surface area contributed by atoms with Crippen molar-refractivity contribution in [1.29, 1.82) is 0 Å². The van der Waals surface area contributed by atoms with Crippen molar-refractivity contribution in [2.45, 2.75) is 51.0 Å². The molecule has 162 valence electrons. The number of likely N-dealkylation sites (N-methyl/N-ethyl adjacent to an activating group) is 1. The Morgan fingerprint density at radius 1 is 1.10 bits per heavy atom. The van der Waals surface area contributed by atoms with E-state index in [1.807, 2.05) is 30.3 Å². The second-order valence-electron chi connectivity index (χ2n) is 8.11. The van der Waals surface area contributed by atoms with Gasteiger partial charge in [0.15, 0.2) is 11.5 Å². The highest BCUT2D eigenvalue weighted by Crippen LogP contribution is 2.44. The lowest BCUT2D eigenvalue weighted by Gasteiger charge is -2.32. The summed E-state index contributed by atoms with van der Waals surface area (Å²) in [5.41, 5.74) is 0.520. The van der Waals surface area contributed by atoms with Gasteiger partial charge in [-0.05, 0) is 55.8 Å². The largest absolute Gasteiger partial charge is 0.486 e. The fraction of sp³-hybridized carbons (Fsp3) is 0.542. The topological polar surface area (TPSA) is 63.9 Å². The molecule has 0 bridgehead atoms. The summed E-state index contributed by atoms with van der Waals surface area (Å²) in [6.07, 6.45) is 5.52. The van der Waals surface area contributed by atoms with Crippen molar-refractivity contribution in [2.75, 3.05) is 32.8 Å². The molecule has 2 aliphatic rings. The molecule has 1 aliphatic carbocycles. The SMILES string of the molecule is CCN(CC)C(CNC(=O)C1(c2ccc3c(c2)OCCO3)CCCC1)c1ccco1. The molecule has 0 spiro atoms. The van der Waals surface area contributed by atoms with Crippen molar-refractivity contribution in [1.82, 2.24) is 10.2 Å². The van der Waals surface area contributed by atoms with E-state index in [0.29, 0.717) is 19.8 Å². The van der Waals surface area contributed by atoms with Crippen molar-refractivity contribution >= 4 is 5.91 Å². The Labute approximate surface area is 178 Å². The zero-order valence-corrected chi connectivity index (χ0v) is 18.0. The molecule has 2 aromatic rings. The number of hydrogen-bond donors (Lipinski definition) is 1.